The van der Waals surface area contributed by atoms with Gasteiger partial charge < -0.3 is 42.7 Å². The number of hydrogen-bond acceptors (Lipinski definition) is 8. The second-order valence-corrected chi connectivity index (χ2v) is 7.70. The molecule has 6 unspecified atom stereocenters. The summed E-state index contributed by atoms with van der Waals surface area (Å²) in [5, 5.41) is 34.4. The third kappa shape index (κ3) is 10.7. The minimum atomic E-state index is -1.80. The van der Waals surface area contributed by atoms with Crippen molar-refractivity contribution in [2.45, 2.75) is 76.7 Å². The fourth-order valence-electron chi connectivity index (χ4n) is 2.63. The maximum atomic E-state index is 12.7. The van der Waals surface area contributed by atoms with Gasteiger partial charge in [0.2, 0.25) is 23.6 Å². The molecular weight excluding hydrogens is 442 g/mol. The highest BCUT2D eigenvalue weighted by atomic mass is 16.4. The Hall–Kier alpha value is -3.26. The van der Waals surface area contributed by atoms with E-state index in [1.807, 2.05) is 12.2 Å². The van der Waals surface area contributed by atoms with Crippen molar-refractivity contribution in [3.8, 4) is 0 Å². The Kier molecular flexibility index (Phi) is 12.6. The van der Waals surface area contributed by atoms with Crippen molar-refractivity contribution in [1.29, 1.82) is 0 Å². The van der Waals surface area contributed by atoms with Gasteiger partial charge in [0.25, 0.3) is 0 Å². The summed E-state index contributed by atoms with van der Waals surface area (Å²) in [5.41, 5.74) is 10.9. The molecule has 0 aliphatic rings. The van der Waals surface area contributed by atoms with Crippen LogP contribution in [-0.4, -0.2) is 81.2 Å². The summed E-state index contributed by atoms with van der Waals surface area (Å²) >= 11 is 0. The molecule has 0 bridgehead atoms. The molecule has 0 aromatic rings. The van der Waals surface area contributed by atoms with E-state index in [0.717, 1.165) is 0 Å². The van der Waals surface area contributed by atoms with Crippen molar-refractivity contribution in [2.75, 3.05) is 0 Å². The lowest BCUT2D eigenvalue weighted by Crippen LogP contribution is -2.60. The topological polar surface area (TPSA) is 251 Å². The van der Waals surface area contributed by atoms with Crippen molar-refractivity contribution < 1.29 is 44.1 Å². The zero-order valence-electron chi connectivity index (χ0n) is 18.7. The van der Waals surface area contributed by atoms with Crippen molar-refractivity contribution in [3.63, 3.8) is 0 Å². The van der Waals surface area contributed by atoms with Crippen LogP contribution in [0.15, 0.2) is 0 Å². The Morgan fingerprint density at radius 3 is 1.85 bits per heavy atom. The molecule has 33 heavy (non-hydrogen) atoms. The fourth-order valence-corrected chi connectivity index (χ4v) is 2.63. The van der Waals surface area contributed by atoms with Crippen LogP contribution < -0.4 is 27.4 Å². The van der Waals surface area contributed by atoms with Crippen LogP contribution in [0, 0.1) is 5.92 Å². The van der Waals surface area contributed by atoms with Crippen LogP contribution in [0.1, 0.15) is 46.5 Å². The van der Waals surface area contributed by atoms with Gasteiger partial charge in [-0.15, -0.1) is 0 Å². The number of carbonyl (C=O) groups excluding carboxylic acids is 4. The Balaban J connectivity index is 5.56. The van der Waals surface area contributed by atoms with Gasteiger partial charge in [0.05, 0.1) is 18.6 Å². The third-order valence-electron chi connectivity index (χ3n) is 4.93. The molecule has 14 nitrogen and oxygen atoms in total. The Labute approximate surface area is 190 Å². The van der Waals surface area contributed by atoms with Crippen LogP contribution in [0.3, 0.4) is 0 Å². The maximum absolute atomic E-state index is 12.7. The molecule has 0 aromatic carbocycles. The average molecular weight is 475 g/mol. The number of carboxylic acids is 2. The normalized spacial score (nSPS) is 16.3. The van der Waals surface area contributed by atoms with Gasteiger partial charge in [-0.3, -0.25) is 24.0 Å². The molecule has 0 heterocycles. The number of carboxylic acid groups (broad SMARTS) is 2. The Morgan fingerprint density at radius 1 is 0.879 bits per heavy atom. The molecular formula is C19H33N5O9. The summed E-state index contributed by atoms with van der Waals surface area (Å²) in [7, 11) is 0. The van der Waals surface area contributed by atoms with E-state index < -0.39 is 72.3 Å². The standard InChI is InChI=1S/C19H33N5O9/c1-4-8(2)14(21)17(30)24-15(9(3)25)18(31)22-10(5-6-12(20)26)16(29)23-11(19(32)33)7-13(27)28/h8-11,14-15,25H,4-7,21H2,1-3H3,(H2,20,26)(H,22,31)(H,23,29)(H,24,30)(H,27,28)(H,32,33). The summed E-state index contributed by atoms with van der Waals surface area (Å²) in [4.78, 5) is 70.7. The minimum absolute atomic E-state index is 0.223. The summed E-state index contributed by atoms with van der Waals surface area (Å²) in [6, 6.07) is -5.80. The number of aliphatic hydroxyl groups is 1. The molecule has 0 aliphatic heterocycles. The van der Waals surface area contributed by atoms with Gasteiger partial charge >= 0.3 is 11.9 Å². The SMILES string of the molecule is CCC(C)C(N)C(=O)NC(C(=O)NC(CCC(N)=O)C(=O)NC(CC(=O)O)C(=O)O)C(C)O. The van der Waals surface area contributed by atoms with Gasteiger partial charge in [-0.05, 0) is 19.3 Å². The predicted octanol–water partition coefficient (Wildman–Crippen LogP) is -2.98. The van der Waals surface area contributed by atoms with Crippen LogP contribution in [0.4, 0.5) is 0 Å². The number of carbonyl (C=O) groups is 6. The van der Waals surface area contributed by atoms with Crippen molar-refractivity contribution in [3.05, 3.63) is 0 Å². The highest BCUT2D eigenvalue weighted by Crippen LogP contribution is 2.07. The summed E-state index contributed by atoms with van der Waals surface area (Å²) in [6.07, 6.45) is -2.48. The lowest BCUT2D eigenvalue weighted by Gasteiger charge is -2.27. The largest absolute Gasteiger partial charge is 0.481 e. The molecule has 6 atom stereocenters. The minimum Gasteiger partial charge on any atom is -0.481 e. The van der Waals surface area contributed by atoms with Crippen LogP contribution >= 0.6 is 0 Å². The zero-order valence-corrected chi connectivity index (χ0v) is 18.7. The molecule has 0 radical (unpaired) electrons. The van der Waals surface area contributed by atoms with Gasteiger partial charge in [0.15, 0.2) is 0 Å². The fraction of sp³-hybridized carbons (Fsp3) is 0.684. The first kappa shape index (κ1) is 29.7. The van der Waals surface area contributed by atoms with E-state index in [1.54, 1.807) is 6.92 Å². The molecule has 0 saturated heterocycles. The first-order valence-corrected chi connectivity index (χ1v) is 10.3. The van der Waals surface area contributed by atoms with Gasteiger partial charge in [0.1, 0.15) is 18.1 Å². The molecule has 0 aromatic heterocycles. The number of rotatable bonds is 15. The quantitative estimate of drug-likeness (QED) is 0.119. The van der Waals surface area contributed by atoms with Crippen LogP contribution in [0.5, 0.6) is 0 Å². The number of amides is 4. The number of aliphatic hydroxyl groups excluding tert-OH is 1. The van der Waals surface area contributed by atoms with Crippen LogP contribution in [0.25, 0.3) is 0 Å². The summed E-state index contributed by atoms with van der Waals surface area (Å²) in [5.74, 6) is -6.97. The Bertz CT molecular complexity index is 743. The molecule has 4 amide bonds. The van der Waals surface area contributed by atoms with E-state index in [-0.39, 0.29) is 18.8 Å². The van der Waals surface area contributed by atoms with E-state index in [9.17, 15) is 33.9 Å². The lowest BCUT2D eigenvalue weighted by molar-refractivity contribution is -0.147. The first-order valence-electron chi connectivity index (χ1n) is 10.3. The number of nitrogens with two attached hydrogens (primary N) is 2. The molecule has 0 fully saturated rings. The monoisotopic (exact) mass is 475 g/mol. The highest BCUT2D eigenvalue weighted by Gasteiger charge is 2.33. The lowest BCUT2D eigenvalue weighted by atomic mass is 9.98. The third-order valence-corrected chi connectivity index (χ3v) is 4.93. The molecule has 0 aliphatic carbocycles. The van der Waals surface area contributed by atoms with Gasteiger partial charge in [-0.2, -0.15) is 0 Å². The van der Waals surface area contributed by atoms with Crippen molar-refractivity contribution in [1.82, 2.24) is 16.0 Å². The number of primary amides is 1. The van der Waals surface area contributed by atoms with E-state index >= 15 is 0 Å². The molecule has 0 rings (SSSR count). The summed E-state index contributed by atoms with van der Waals surface area (Å²) < 4.78 is 0. The smallest absolute Gasteiger partial charge is 0.326 e. The molecule has 14 heteroatoms. The molecule has 0 spiro atoms. The highest BCUT2D eigenvalue weighted by molar-refractivity contribution is 5.95. The van der Waals surface area contributed by atoms with Crippen molar-refractivity contribution >= 4 is 35.6 Å². The second-order valence-electron chi connectivity index (χ2n) is 7.70. The molecule has 188 valence electrons. The van der Waals surface area contributed by atoms with Crippen molar-refractivity contribution in [2.24, 2.45) is 17.4 Å². The predicted molar refractivity (Wildman–Crippen MR) is 113 cm³/mol. The number of nitrogens with one attached hydrogen (secondary N) is 3. The molecule has 10 N–H and O–H groups in total. The van der Waals surface area contributed by atoms with Gasteiger partial charge in [-0.1, -0.05) is 20.3 Å². The second kappa shape index (κ2) is 14.0. The maximum Gasteiger partial charge on any atom is 0.326 e. The van der Waals surface area contributed by atoms with Crippen LogP contribution in [0.2, 0.25) is 0 Å². The van der Waals surface area contributed by atoms with E-state index in [2.05, 4.69) is 10.6 Å². The van der Waals surface area contributed by atoms with E-state index in [1.165, 1.54) is 6.92 Å². The van der Waals surface area contributed by atoms with E-state index in [4.69, 9.17) is 21.7 Å². The van der Waals surface area contributed by atoms with E-state index in [0.29, 0.717) is 6.42 Å². The molecule has 0 saturated carbocycles. The summed E-state index contributed by atoms with van der Waals surface area (Å²) in [6.45, 7) is 4.75. The van der Waals surface area contributed by atoms with Gasteiger partial charge in [0, 0.05) is 6.42 Å². The van der Waals surface area contributed by atoms with Crippen LogP contribution in [-0.2, 0) is 28.8 Å². The zero-order chi connectivity index (χ0) is 25.9. The van der Waals surface area contributed by atoms with Gasteiger partial charge in [-0.25, -0.2) is 4.79 Å². The number of hydrogen-bond donors (Lipinski definition) is 8. The first-order chi connectivity index (χ1) is 15.2. The Morgan fingerprint density at radius 2 is 1.42 bits per heavy atom. The average Bonchev–Trinajstić information content (AvgIpc) is 2.71. The number of aliphatic carboxylic acids is 2.